The van der Waals surface area contributed by atoms with E-state index in [1.165, 1.54) is 0 Å². The maximum absolute atomic E-state index is 12.2. The quantitative estimate of drug-likeness (QED) is 0.681. The molecular weight excluding hydrogens is 256 g/mol. The minimum atomic E-state index is -0.965. The highest BCUT2D eigenvalue weighted by Gasteiger charge is 2.23. The molecule has 0 fully saturated rings. The van der Waals surface area contributed by atoms with E-state index in [4.69, 9.17) is 5.73 Å². The largest absolute Gasteiger partial charge is 0.397 e. The van der Waals surface area contributed by atoms with E-state index in [0.29, 0.717) is 17.9 Å². The molecule has 114 valence electrons. The lowest BCUT2D eigenvalue weighted by Gasteiger charge is -2.27. The first-order chi connectivity index (χ1) is 9.25. The summed E-state index contributed by atoms with van der Waals surface area (Å²) in [5, 5.41) is 12.9. The number of nitrogens with one attached hydrogen (secondary N) is 1. The van der Waals surface area contributed by atoms with Crippen molar-refractivity contribution in [1.29, 1.82) is 0 Å². The first-order valence-corrected chi connectivity index (χ1v) is 6.86. The number of aromatic nitrogens is 1. The zero-order chi connectivity index (χ0) is 15.3. The van der Waals surface area contributed by atoms with Gasteiger partial charge in [0.05, 0.1) is 11.3 Å². The van der Waals surface area contributed by atoms with Crippen molar-refractivity contribution in [2.45, 2.75) is 32.4 Å². The van der Waals surface area contributed by atoms with Gasteiger partial charge in [-0.3, -0.25) is 4.79 Å². The van der Waals surface area contributed by atoms with Crippen molar-refractivity contribution in [2.24, 2.45) is 0 Å². The van der Waals surface area contributed by atoms with Crippen LogP contribution >= 0.6 is 0 Å². The molecule has 1 heterocycles. The Balaban J connectivity index is 2.67. The number of hydrogen-bond acceptors (Lipinski definition) is 4. The van der Waals surface area contributed by atoms with Gasteiger partial charge in [0.2, 0.25) is 0 Å². The van der Waals surface area contributed by atoms with Crippen molar-refractivity contribution >= 4 is 11.6 Å². The van der Waals surface area contributed by atoms with Gasteiger partial charge in [-0.2, -0.15) is 0 Å². The van der Waals surface area contributed by atoms with Crippen molar-refractivity contribution in [2.75, 3.05) is 32.9 Å². The van der Waals surface area contributed by atoms with Gasteiger partial charge in [-0.1, -0.05) is 6.92 Å². The summed E-state index contributed by atoms with van der Waals surface area (Å²) in [5.41, 5.74) is 5.88. The van der Waals surface area contributed by atoms with Crippen LogP contribution in [0.4, 0.5) is 5.69 Å². The van der Waals surface area contributed by atoms with Crippen LogP contribution in [0.15, 0.2) is 12.3 Å². The number of nitrogens with two attached hydrogens (primary N) is 1. The van der Waals surface area contributed by atoms with Gasteiger partial charge in [-0.25, -0.2) is 0 Å². The van der Waals surface area contributed by atoms with Crippen LogP contribution in [-0.2, 0) is 6.54 Å². The summed E-state index contributed by atoms with van der Waals surface area (Å²) >= 11 is 0. The Kier molecular flexibility index (Phi) is 5.59. The van der Waals surface area contributed by atoms with Gasteiger partial charge in [0, 0.05) is 25.8 Å². The highest BCUT2D eigenvalue weighted by molar-refractivity contribution is 5.93. The molecule has 6 heteroatoms. The number of carbonyl (C=O) groups is 1. The van der Waals surface area contributed by atoms with Crippen molar-refractivity contribution in [1.82, 2.24) is 14.8 Å². The third-order valence-corrected chi connectivity index (χ3v) is 2.90. The van der Waals surface area contributed by atoms with Gasteiger partial charge < -0.3 is 25.6 Å². The molecule has 1 atom stereocenters. The Hall–Kier alpha value is -1.53. The van der Waals surface area contributed by atoms with E-state index in [0.717, 1.165) is 13.0 Å². The fourth-order valence-corrected chi connectivity index (χ4v) is 2.25. The summed E-state index contributed by atoms with van der Waals surface area (Å²) in [5.74, 6) is -0.214. The maximum Gasteiger partial charge on any atom is 0.268 e. The standard InChI is InChI=1S/C14H26N4O2/c1-5-6-18-8-11(15)7-12(18)13(19)16-9-14(2,20)10-17(3)4/h7-8,20H,5-6,9-10,15H2,1-4H3,(H,16,19). The molecule has 0 radical (unpaired) electrons. The van der Waals surface area contributed by atoms with Crippen LogP contribution in [0, 0.1) is 0 Å². The predicted molar refractivity (Wildman–Crippen MR) is 80.6 cm³/mol. The van der Waals surface area contributed by atoms with Crippen LogP contribution in [-0.4, -0.2) is 53.3 Å². The average Bonchev–Trinajstić information content (AvgIpc) is 2.66. The lowest BCUT2D eigenvalue weighted by atomic mass is 10.1. The smallest absolute Gasteiger partial charge is 0.268 e. The van der Waals surface area contributed by atoms with Gasteiger partial charge in [0.1, 0.15) is 5.69 Å². The SMILES string of the molecule is CCCn1cc(N)cc1C(=O)NCC(C)(O)CN(C)C. The second-order valence-electron chi connectivity index (χ2n) is 5.77. The minimum Gasteiger partial charge on any atom is -0.397 e. The molecule has 0 spiro atoms. The molecule has 1 aromatic rings. The average molecular weight is 282 g/mol. The van der Waals surface area contributed by atoms with Crippen molar-refractivity contribution < 1.29 is 9.90 Å². The molecule has 1 unspecified atom stereocenters. The first-order valence-electron chi connectivity index (χ1n) is 6.86. The van der Waals surface area contributed by atoms with Crippen LogP contribution in [0.2, 0.25) is 0 Å². The number of nitrogens with zero attached hydrogens (tertiary/aromatic N) is 2. The van der Waals surface area contributed by atoms with Crippen LogP contribution < -0.4 is 11.1 Å². The van der Waals surface area contributed by atoms with Crippen molar-refractivity contribution in [3.63, 3.8) is 0 Å². The summed E-state index contributed by atoms with van der Waals surface area (Å²) in [6, 6.07) is 1.66. The topological polar surface area (TPSA) is 83.5 Å². The summed E-state index contributed by atoms with van der Waals surface area (Å²) in [4.78, 5) is 14.1. The number of amides is 1. The Labute approximate surface area is 120 Å². The number of aliphatic hydroxyl groups is 1. The van der Waals surface area contributed by atoms with Crippen LogP contribution in [0.5, 0.6) is 0 Å². The summed E-state index contributed by atoms with van der Waals surface area (Å²) in [7, 11) is 3.76. The van der Waals surface area contributed by atoms with E-state index >= 15 is 0 Å². The van der Waals surface area contributed by atoms with Gasteiger partial charge >= 0.3 is 0 Å². The first kappa shape index (κ1) is 16.5. The Bertz CT molecular complexity index is 452. The number of carbonyl (C=O) groups excluding carboxylic acids is 1. The van der Waals surface area contributed by atoms with Gasteiger partial charge in [0.15, 0.2) is 0 Å². The lowest BCUT2D eigenvalue weighted by molar-refractivity contribution is 0.0324. The highest BCUT2D eigenvalue weighted by Crippen LogP contribution is 2.12. The number of rotatable bonds is 7. The third-order valence-electron chi connectivity index (χ3n) is 2.90. The second-order valence-corrected chi connectivity index (χ2v) is 5.77. The fraction of sp³-hybridized carbons (Fsp3) is 0.643. The van der Waals surface area contributed by atoms with E-state index in [2.05, 4.69) is 5.32 Å². The number of hydrogen-bond donors (Lipinski definition) is 3. The molecule has 4 N–H and O–H groups in total. The minimum absolute atomic E-state index is 0.196. The molecule has 1 rings (SSSR count). The van der Waals surface area contributed by atoms with E-state index in [1.807, 2.05) is 30.5 Å². The number of likely N-dealkylation sites (N-methyl/N-ethyl adjacent to an activating group) is 1. The van der Waals surface area contributed by atoms with Crippen molar-refractivity contribution in [3.05, 3.63) is 18.0 Å². The second kappa shape index (κ2) is 6.76. The summed E-state index contributed by atoms with van der Waals surface area (Å²) in [6.45, 7) is 5.16. The Morgan fingerprint density at radius 3 is 2.75 bits per heavy atom. The Morgan fingerprint density at radius 1 is 1.55 bits per heavy atom. The molecule has 0 aliphatic heterocycles. The van der Waals surface area contributed by atoms with E-state index in [-0.39, 0.29) is 12.5 Å². The molecule has 0 aromatic carbocycles. The zero-order valence-electron chi connectivity index (χ0n) is 12.8. The highest BCUT2D eigenvalue weighted by atomic mass is 16.3. The summed E-state index contributed by atoms with van der Waals surface area (Å²) in [6.07, 6.45) is 2.68. The third kappa shape index (κ3) is 4.86. The van der Waals surface area contributed by atoms with Gasteiger partial charge in [-0.15, -0.1) is 0 Å². The molecule has 6 nitrogen and oxygen atoms in total. The van der Waals surface area contributed by atoms with E-state index in [1.54, 1.807) is 19.2 Å². The normalized spacial score (nSPS) is 14.3. The number of anilines is 1. The van der Waals surface area contributed by atoms with E-state index in [9.17, 15) is 9.90 Å². The van der Waals surface area contributed by atoms with Crippen molar-refractivity contribution in [3.8, 4) is 0 Å². The lowest BCUT2D eigenvalue weighted by Crippen LogP contribution is -2.47. The van der Waals surface area contributed by atoms with Gasteiger partial charge in [-0.05, 0) is 33.5 Å². The molecule has 20 heavy (non-hydrogen) atoms. The van der Waals surface area contributed by atoms with Gasteiger partial charge in [0.25, 0.3) is 5.91 Å². The monoisotopic (exact) mass is 282 g/mol. The van der Waals surface area contributed by atoms with Crippen LogP contribution in [0.3, 0.4) is 0 Å². The molecule has 1 aromatic heterocycles. The van der Waals surface area contributed by atoms with Crippen LogP contribution in [0.1, 0.15) is 30.8 Å². The molecular formula is C14H26N4O2. The van der Waals surface area contributed by atoms with Crippen LogP contribution in [0.25, 0.3) is 0 Å². The molecule has 0 saturated carbocycles. The fourth-order valence-electron chi connectivity index (χ4n) is 2.25. The molecule has 0 aliphatic rings. The van der Waals surface area contributed by atoms with E-state index < -0.39 is 5.60 Å². The maximum atomic E-state index is 12.2. The molecule has 0 saturated heterocycles. The molecule has 1 amide bonds. The molecule has 0 aliphatic carbocycles. The predicted octanol–water partition coefficient (Wildman–Crippen LogP) is 0.523. The number of aryl methyl sites for hydroxylation is 1. The number of nitrogen functional groups attached to an aromatic ring is 1. The Morgan fingerprint density at radius 2 is 2.20 bits per heavy atom. The zero-order valence-corrected chi connectivity index (χ0v) is 12.8. The summed E-state index contributed by atoms with van der Waals surface area (Å²) < 4.78 is 1.84. The molecule has 0 bridgehead atoms.